The van der Waals surface area contributed by atoms with Crippen molar-refractivity contribution in [3.63, 3.8) is 0 Å². The highest BCUT2D eigenvalue weighted by molar-refractivity contribution is 5.72. The summed E-state index contributed by atoms with van der Waals surface area (Å²) in [5.41, 5.74) is 7.90. The first-order valence-corrected chi connectivity index (χ1v) is 6.29. The standard InChI is InChI=1S/C14H17N3O/c15-13(18)17-9-6-14(7-10-17)5-8-16-12-4-2-1-3-11(12)14/h1-5,8,16H,6-7,9-10H2,(H2,15,18). The number of hydrogen-bond donors (Lipinski definition) is 2. The van der Waals surface area contributed by atoms with Crippen LogP contribution in [0.5, 0.6) is 0 Å². The van der Waals surface area contributed by atoms with E-state index in [2.05, 4.69) is 29.6 Å². The van der Waals surface area contributed by atoms with Gasteiger partial charge in [-0.05, 0) is 30.7 Å². The molecule has 18 heavy (non-hydrogen) atoms. The van der Waals surface area contributed by atoms with Crippen LogP contribution < -0.4 is 11.1 Å². The predicted octanol–water partition coefficient (Wildman–Crippen LogP) is 2.04. The van der Waals surface area contributed by atoms with Crippen LogP contribution in [-0.2, 0) is 5.41 Å². The number of nitrogens with two attached hydrogens (primary N) is 1. The van der Waals surface area contributed by atoms with Crippen molar-refractivity contribution in [2.75, 3.05) is 18.4 Å². The lowest BCUT2D eigenvalue weighted by Gasteiger charge is -2.42. The van der Waals surface area contributed by atoms with Crippen LogP contribution in [0.15, 0.2) is 36.5 Å². The average molecular weight is 243 g/mol. The number of nitrogens with one attached hydrogen (secondary N) is 1. The summed E-state index contributed by atoms with van der Waals surface area (Å²) in [5.74, 6) is 0. The Morgan fingerprint density at radius 1 is 1.28 bits per heavy atom. The van der Waals surface area contributed by atoms with Crippen LogP contribution in [0.3, 0.4) is 0 Å². The highest BCUT2D eigenvalue weighted by atomic mass is 16.2. The number of likely N-dealkylation sites (tertiary alicyclic amines) is 1. The molecule has 0 saturated carbocycles. The lowest BCUT2D eigenvalue weighted by Crippen LogP contribution is -2.47. The highest BCUT2D eigenvalue weighted by Gasteiger charge is 2.37. The highest BCUT2D eigenvalue weighted by Crippen LogP contribution is 2.42. The Morgan fingerprint density at radius 3 is 2.72 bits per heavy atom. The molecule has 2 amide bonds. The zero-order valence-corrected chi connectivity index (χ0v) is 10.2. The molecule has 1 aromatic carbocycles. The zero-order chi connectivity index (χ0) is 12.6. The van der Waals surface area contributed by atoms with Gasteiger partial charge >= 0.3 is 6.03 Å². The monoisotopic (exact) mass is 243 g/mol. The van der Waals surface area contributed by atoms with Gasteiger partial charge < -0.3 is 16.0 Å². The summed E-state index contributed by atoms with van der Waals surface area (Å²) in [4.78, 5) is 12.9. The number of primary amides is 1. The molecule has 4 heteroatoms. The maximum absolute atomic E-state index is 11.2. The van der Waals surface area contributed by atoms with Crippen molar-refractivity contribution in [1.82, 2.24) is 4.90 Å². The fourth-order valence-corrected chi connectivity index (χ4v) is 2.99. The van der Waals surface area contributed by atoms with E-state index < -0.39 is 0 Å². The van der Waals surface area contributed by atoms with Crippen LogP contribution in [0.2, 0.25) is 0 Å². The molecule has 2 aliphatic rings. The summed E-state index contributed by atoms with van der Waals surface area (Å²) in [7, 11) is 0. The number of para-hydroxylation sites is 1. The Hall–Kier alpha value is -1.97. The van der Waals surface area contributed by atoms with Gasteiger partial charge in [0.2, 0.25) is 0 Å². The Labute approximate surface area is 106 Å². The number of carbonyl (C=O) groups is 1. The minimum Gasteiger partial charge on any atom is -0.362 e. The number of anilines is 1. The van der Waals surface area contributed by atoms with E-state index in [0.29, 0.717) is 0 Å². The fourth-order valence-electron chi connectivity index (χ4n) is 2.99. The molecule has 0 radical (unpaired) electrons. The molecule has 1 saturated heterocycles. The molecular weight excluding hydrogens is 226 g/mol. The van der Waals surface area contributed by atoms with Gasteiger partial charge in [0.1, 0.15) is 0 Å². The molecule has 0 atom stereocenters. The van der Waals surface area contributed by atoms with Gasteiger partial charge in [0.25, 0.3) is 0 Å². The second-order valence-corrected chi connectivity index (χ2v) is 5.00. The van der Waals surface area contributed by atoms with Crippen LogP contribution >= 0.6 is 0 Å². The van der Waals surface area contributed by atoms with E-state index in [1.165, 1.54) is 11.3 Å². The van der Waals surface area contributed by atoms with E-state index in [4.69, 9.17) is 5.73 Å². The second kappa shape index (κ2) is 4.05. The topological polar surface area (TPSA) is 58.4 Å². The van der Waals surface area contributed by atoms with Crippen molar-refractivity contribution in [2.45, 2.75) is 18.3 Å². The molecule has 1 fully saturated rings. The van der Waals surface area contributed by atoms with Gasteiger partial charge in [-0.25, -0.2) is 4.79 Å². The number of carbonyl (C=O) groups excluding carboxylic acids is 1. The molecule has 2 aliphatic heterocycles. The van der Waals surface area contributed by atoms with Crippen molar-refractivity contribution in [1.29, 1.82) is 0 Å². The number of fused-ring (bicyclic) bond motifs is 2. The Balaban J connectivity index is 1.90. The first kappa shape index (κ1) is 11.1. The molecule has 1 aromatic rings. The maximum atomic E-state index is 11.2. The normalized spacial score (nSPS) is 20.3. The van der Waals surface area contributed by atoms with Crippen LogP contribution in [-0.4, -0.2) is 24.0 Å². The van der Waals surface area contributed by atoms with Gasteiger partial charge in [-0.1, -0.05) is 24.3 Å². The largest absolute Gasteiger partial charge is 0.362 e. The molecule has 2 heterocycles. The van der Waals surface area contributed by atoms with Crippen LogP contribution in [0.4, 0.5) is 10.5 Å². The van der Waals surface area contributed by atoms with E-state index in [9.17, 15) is 4.79 Å². The van der Waals surface area contributed by atoms with Crippen LogP contribution in [0.1, 0.15) is 18.4 Å². The van der Waals surface area contributed by atoms with Crippen molar-refractivity contribution in [3.05, 3.63) is 42.1 Å². The summed E-state index contributed by atoms with van der Waals surface area (Å²) >= 11 is 0. The fraction of sp³-hybridized carbons (Fsp3) is 0.357. The molecule has 0 aliphatic carbocycles. The summed E-state index contributed by atoms with van der Waals surface area (Å²) in [5, 5.41) is 3.28. The number of nitrogens with zero attached hydrogens (tertiary/aromatic N) is 1. The van der Waals surface area contributed by atoms with E-state index in [1.807, 2.05) is 12.3 Å². The SMILES string of the molecule is NC(=O)N1CCC2(C=CNc3ccccc32)CC1. The summed E-state index contributed by atoms with van der Waals surface area (Å²) < 4.78 is 0. The molecular formula is C14H17N3O. The van der Waals surface area contributed by atoms with Gasteiger partial charge in [0.05, 0.1) is 0 Å². The number of urea groups is 1. The van der Waals surface area contributed by atoms with Crippen molar-refractivity contribution in [2.24, 2.45) is 5.73 Å². The minimum absolute atomic E-state index is 0.0633. The number of benzene rings is 1. The maximum Gasteiger partial charge on any atom is 0.314 e. The average Bonchev–Trinajstić information content (AvgIpc) is 2.40. The number of piperidine rings is 1. The van der Waals surface area contributed by atoms with Crippen molar-refractivity contribution < 1.29 is 4.79 Å². The Morgan fingerprint density at radius 2 is 2.00 bits per heavy atom. The minimum atomic E-state index is -0.309. The molecule has 94 valence electrons. The van der Waals surface area contributed by atoms with Gasteiger partial charge in [0.15, 0.2) is 0 Å². The van der Waals surface area contributed by atoms with E-state index >= 15 is 0 Å². The molecule has 0 unspecified atom stereocenters. The summed E-state index contributed by atoms with van der Waals surface area (Å²) in [6, 6.07) is 8.07. The molecule has 1 spiro atoms. The molecule has 3 N–H and O–H groups in total. The third-order valence-electron chi connectivity index (χ3n) is 4.07. The van der Waals surface area contributed by atoms with E-state index in [-0.39, 0.29) is 11.4 Å². The molecule has 0 bridgehead atoms. The summed E-state index contributed by atoms with van der Waals surface area (Å²) in [6.07, 6.45) is 6.12. The molecule has 3 rings (SSSR count). The second-order valence-electron chi connectivity index (χ2n) is 5.00. The zero-order valence-electron chi connectivity index (χ0n) is 10.2. The third-order valence-corrected chi connectivity index (χ3v) is 4.07. The predicted molar refractivity (Wildman–Crippen MR) is 71.3 cm³/mol. The number of amides is 2. The first-order valence-electron chi connectivity index (χ1n) is 6.29. The molecule has 4 nitrogen and oxygen atoms in total. The third kappa shape index (κ3) is 1.65. The molecule has 0 aromatic heterocycles. The van der Waals surface area contributed by atoms with Crippen molar-refractivity contribution >= 4 is 11.7 Å². The summed E-state index contributed by atoms with van der Waals surface area (Å²) in [6.45, 7) is 1.46. The lowest BCUT2D eigenvalue weighted by atomic mass is 9.71. The van der Waals surface area contributed by atoms with Crippen molar-refractivity contribution in [3.8, 4) is 0 Å². The first-order chi connectivity index (χ1) is 8.71. The van der Waals surface area contributed by atoms with E-state index in [1.54, 1.807) is 4.90 Å². The Kier molecular flexibility index (Phi) is 2.51. The van der Waals surface area contributed by atoms with E-state index in [0.717, 1.165) is 25.9 Å². The van der Waals surface area contributed by atoms with Gasteiger partial charge in [-0.15, -0.1) is 0 Å². The number of hydrogen-bond acceptors (Lipinski definition) is 2. The lowest BCUT2D eigenvalue weighted by molar-refractivity contribution is 0.178. The quantitative estimate of drug-likeness (QED) is 0.732. The number of rotatable bonds is 0. The number of allylic oxidation sites excluding steroid dienone is 1. The van der Waals surface area contributed by atoms with Gasteiger partial charge in [-0.3, -0.25) is 0 Å². The van der Waals surface area contributed by atoms with Gasteiger partial charge in [-0.2, -0.15) is 0 Å². The van der Waals surface area contributed by atoms with Crippen LogP contribution in [0, 0.1) is 0 Å². The Bertz CT molecular complexity index is 502. The smallest absolute Gasteiger partial charge is 0.314 e. The van der Waals surface area contributed by atoms with Crippen LogP contribution in [0.25, 0.3) is 0 Å². The van der Waals surface area contributed by atoms with Gasteiger partial charge in [0, 0.05) is 24.2 Å².